The van der Waals surface area contributed by atoms with Crippen molar-refractivity contribution in [2.24, 2.45) is 11.8 Å². The molecule has 1 aromatic rings. The van der Waals surface area contributed by atoms with Crippen LogP contribution in [0.3, 0.4) is 0 Å². The summed E-state index contributed by atoms with van der Waals surface area (Å²) in [6, 6.07) is 0.728. The summed E-state index contributed by atoms with van der Waals surface area (Å²) < 4.78 is 0. The maximum absolute atomic E-state index is 4.58. The summed E-state index contributed by atoms with van der Waals surface area (Å²) in [6.07, 6.45) is 7.75. The Labute approximate surface area is 115 Å². The van der Waals surface area contributed by atoms with Crippen LogP contribution in [0, 0.1) is 11.8 Å². The molecule has 2 aliphatic rings. The SMILES string of the molecule is CC1CCN(c2cnc(CNC3CC3)cn2)CC1C. The Morgan fingerprint density at radius 3 is 2.63 bits per heavy atom. The number of rotatable bonds is 4. The van der Waals surface area contributed by atoms with E-state index in [0.29, 0.717) is 0 Å². The van der Waals surface area contributed by atoms with E-state index in [1.54, 1.807) is 0 Å². The molecule has 0 spiro atoms. The van der Waals surface area contributed by atoms with E-state index < -0.39 is 0 Å². The molecule has 0 aromatic carbocycles. The fourth-order valence-corrected chi connectivity index (χ4v) is 2.61. The molecule has 0 amide bonds. The van der Waals surface area contributed by atoms with E-state index in [1.165, 1.54) is 19.3 Å². The van der Waals surface area contributed by atoms with Crippen LogP contribution in [-0.2, 0) is 6.54 Å². The molecule has 2 heterocycles. The minimum Gasteiger partial charge on any atom is -0.355 e. The van der Waals surface area contributed by atoms with Crippen LogP contribution in [0.25, 0.3) is 0 Å². The predicted octanol–water partition coefficient (Wildman–Crippen LogP) is 2.21. The summed E-state index contributed by atoms with van der Waals surface area (Å²) in [4.78, 5) is 11.5. The molecule has 0 bridgehead atoms. The molecule has 2 fully saturated rings. The Kier molecular flexibility index (Phi) is 3.69. The Morgan fingerprint density at radius 2 is 2.00 bits per heavy atom. The van der Waals surface area contributed by atoms with Crippen LogP contribution in [0.5, 0.6) is 0 Å². The first-order valence-corrected chi connectivity index (χ1v) is 7.51. The van der Waals surface area contributed by atoms with Gasteiger partial charge in [-0.15, -0.1) is 0 Å². The highest BCUT2D eigenvalue weighted by Crippen LogP contribution is 2.25. The monoisotopic (exact) mass is 260 g/mol. The number of hydrogen-bond donors (Lipinski definition) is 1. The molecule has 4 heteroatoms. The molecule has 1 aliphatic heterocycles. The van der Waals surface area contributed by atoms with Gasteiger partial charge in [0, 0.05) is 25.7 Å². The molecule has 1 aromatic heterocycles. The summed E-state index contributed by atoms with van der Waals surface area (Å²) in [6.45, 7) is 7.75. The zero-order chi connectivity index (χ0) is 13.2. The van der Waals surface area contributed by atoms with E-state index in [0.717, 1.165) is 49.0 Å². The normalized spacial score (nSPS) is 27.6. The van der Waals surface area contributed by atoms with E-state index in [4.69, 9.17) is 0 Å². The van der Waals surface area contributed by atoms with Crippen LogP contribution < -0.4 is 10.2 Å². The van der Waals surface area contributed by atoms with Crippen molar-refractivity contribution in [1.29, 1.82) is 0 Å². The van der Waals surface area contributed by atoms with Gasteiger partial charge >= 0.3 is 0 Å². The second kappa shape index (κ2) is 5.45. The highest BCUT2D eigenvalue weighted by Gasteiger charge is 2.24. The predicted molar refractivity (Wildman–Crippen MR) is 77.1 cm³/mol. The maximum atomic E-state index is 4.58. The molecular weight excluding hydrogens is 236 g/mol. The number of nitrogens with zero attached hydrogens (tertiary/aromatic N) is 3. The van der Waals surface area contributed by atoms with Crippen molar-refractivity contribution in [3.8, 4) is 0 Å². The van der Waals surface area contributed by atoms with Crippen LogP contribution in [0.2, 0.25) is 0 Å². The van der Waals surface area contributed by atoms with Gasteiger partial charge in [-0.1, -0.05) is 13.8 Å². The molecular formula is C15H24N4. The largest absolute Gasteiger partial charge is 0.355 e. The zero-order valence-electron chi connectivity index (χ0n) is 12.0. The van der Waals surface area contributed by atoms with Gasteiger partial charge in [-0.3, -0.25) is 4.98 Å². The van der Waals surface area contributed by atoms with Crippen LogP contribution in [0.15, 0.2) is 12.4 Å². The molecule has 3 rings (SSSR count). The lowest BCUT2D eigenvalue weighted by atomic mass is 9.89. The van der Waals surface area contributed by atoms with Crippen molar-refractivity contribution in [1.82, 2.24) is 15.3 Å². The Balaban J connectivity index is 1.58. The third-order valence-corrected chi connectivity index (χ3v) is 4.50. The van der Waals surface area contributed by atoms with Crippen molar-refractivity contribution in [2.45, 2.75) is 45.7 Å². The van der Waals surface area contributed by atoms with Crippen LogP contribution >= 0.6 is 0 Å². The quantitative estimate of drug-likeness (QED) is 0.901. The highest BCUT2D eigenvalue weighted by molar-refractivity contribution is 5.36. The van der Waals surface area contributed by atoms with Crippen LogP contribution in [0.1, 0.15) is 38.8 Å². The lowest BCUT2D eigenvalue weighted by molar-refractivity contribution is 0.322. The van der Waals surface area contributed by atoms with Crippen molar-refractivity contribution >= 4 is 5.82 Å². The Hall–Kier alpha value is -1.16. The van der Waals surface area contributed by atoms with Gasteiger partial charge in [0.2, 0.25) is 0 Å². The van der Waals surface area contributed by atoms with Crippen molar-refractivity contribution < 1.29 is 0 Å². The number of anilines is 1. The first-order chi connectivity index (χ1) is 9.22. The van der Waals surface area contributed by atoms with Gasteiger partial charge in [-0.2, -0.15) is 0 Å². The van der Waals surface area contributed by atoms with Crippen molar-refractivity contribution in [2.75, 3.05) is 18.0 Å². The second-order valence-electron chi connectivity index (χ2n) is 6.21. The van der Waals surface area contributed by atoms with E-state index in [-0.39, 0.29) is 0 Å². The maximum Gasteiger partial charge on any atom is 0.147 e. The van der Waals surface area contributed by atoms with Crippen LogP contribution in [-0.4, -0.2) is 29.1 Å². The second-order valence-corrected chi connectivity index (χ2v) is 6.21. The van der Waals surface area contributed by atoms with Gasteiger partial charge < -0.3 is 10.2 Å². The molecule has 2 atom stereocenters. The van der Waals surface area contributed by atoms with Crippen molar-refractivity contribution in [3.63, 3.8) is 0 Å². The molecule has 4 nitrogen and oxygen atoms in total. The van der Waals surface area contributed by atoms with Gasteiger partial charge in [0.25, 0.3) is 0 Å². The first kappa shape index (κ1) is 12.9. The fraction of sp³-hybridized carbons (Fsp3) is 0.733. The topological polar surface area (TPSA) is 41.1 Å². The molecule has 1 N–H and O–H groups in total. The van der Waals surface area contributed by atoms with Gasteiger partial charge in [0.05, 0.1) is 18.1 Å². The number of nitrogens with one attached hydrogen (secondary N) is 1. The lowest BCUT2D eigenvalue weighted by Gasteiger charge is -2.35. The average Bonchev–Trinajstić information content (AvgIpc) is 3.24. The third kappa shape index (κ3) is 3.24. The Morgan fingerprint density at radius 1 is 1.16 bits per heavy atom. The fourth-order valence-electron chi connectivity index (χ4n) is 2.61. The highest BCUT2D eigenvalue weighted by atomic mass is 15.2. The number of piperidine rings is 1. The lowest BCUT2D eigenvalue weighted by Crippen LogP contribution is -2.38. The molecule has 19 heavy (non-hydrogen) atoms. The van der Waals surface area contributed by atoms with Gasteiger partial charge in [-0.25, -0.2) is 4.98 Å². The summed E-state index contributed by atoms with van der Waals surface area (Å²) >= 11 is 0. The molecule has 1 saturated carbocycles. The Bertz CT molecular complexity index is 413. The van der Waals surface area contributed by atoms with E-state index in [9.17, 15) is 0 Å². The van der Waals surface area contributed by atoms with Gasteiger partial charge in [-0.05, 0) is 31.1 Å². The van der Waals surface area contributed by atoms with Gasteiger partial charge in [0.1, 0.15) is 5.82 Å². The zero-order valence-corrected chi connectivity index (χ0v) is 12.0. The number of aromatic nitrogens is 2. The average molecular weight is 260 g/mol. The minimum atomic E-state index is 0.728. The van der Waals surface area contributed by atoms with E-state index in [2.05, 4.69) is 34.0 Å². The van der Waals surface area contributed by atoms with Crippen molar-refractivity contribution in [3.05, 3.63) is 18.1 Å². The van der Waals surface area contributed by atoms with Gasteiger partial charge in [0.15, 0.2) is 0 Å². The summed E-state index contributed by atoms with van der Waals surface area (Å²) in [7, 11) is 0. The molecule has 0 radical (unpaired) electrons. The summed E-state index contributed by atoms with van der Waals surface area (Å²) in [5, 5.41) is 3.47. The summed E-state index contributed by atoms with van der Waals surface area (Å²) in [5.41, 5.74) is 1.05. The summed E-state index contributed by atoms with van der Waals surface area (Å²) in [5.74, 6) is 2.60. The van der Waals surface area contributed by atoms with Crippen LogP contribution in [0.4, 0.5) is 5.82 Å². The smallest absolute Gasteiger partial charge is 0.147 e. The van der Waals surface area contributed by atoms with E-state index in [1.807, 2.05) is 12.4 Å². The molecule has 1 aliphatic carbocycles. The minimum absolute atomic E-state index is 0.728. The standard InChI is InChI=1S/C15H24N4/c1-11-5-6-19(10-12(11)2)15-9-17-14(8-18-15)7-16-13-3-4-13/h8-9,11-13,16H,3-7,10H2,1-2H3. The first-order valence-electron chi connectivity index (χ1n) is 7.51. The molecule has 104 valence electrons. The molecule has 1 saturated heterocycles. The number of hydrogen-bond acceptors (Lipinski definition) is 4. The molecule has 2 unspecified atom stereocenters. The van der Waals surface area contributed by atoms with E-state index >= 15 is 0 Å². The third-order valence-electron chi connectivity index (χ3n) is 4.50.